The van der Waals surface area contributed by atoms with Gasteiger partial charge in [-0.05, 0) is 86.4 Å². The molecule has 0 spiro atoms. The summed E-state index contributed by atoms with van der Waals surface area (Å²) in [6.45, 7) is 18.0. The number of aromatic hydroxyl groups is 1. The number of phenols is 1. The molecular formula is C25H41N3O5. The molecular weight excluding hydrogens is 422 g/mol. The van der Waals surface area contributed by atoms with Crippen LogP contribution in [0.25, 0.3) is 0 Å². The number of amides is 3. The minimum absolute atomic E-state index is 0.0114. The average molecular weight is 464 g/mol. The van der Waals surface area contributed by atoms with Gasteiger partial charge in [0.15, 0.2) is 0 Å². The Kier molecular flexibility index (Phi) is 8.94. The van der Waals surface area contributed by atoms with Crippen molar-refractivity contribution >= 4 is 17.9 Å². The topological polar surface area (TPSA) is 108 Å². The van der Waals surface area contributed by atoms with E-state index in [1.54, 1.807) is 39.8 Å². The first-order valence-electron chi connectivity index (χ1n) is 11.3. The third kappa shape index (κ3) is 8.59. The van der Waals surface area contributed by atoms with Crippen molar-refractivity contribution in [3.05, 3.63) is 29.8 Å². The van der Waals surface area contributed by atoms with Crippen LogP contribution in [-0.2, 0) is 14.3 Å². The van der Waals surface area contributed by atoms with E-state index < -0.39 is 40.8 Å². The van der Waals surface area contributed by atoms with Gasteiger partial charge in [-0.1, -0.05) is 19.1 Å². The van der Waals surface area contributed by atoms with Gasteiger partial charge in [0, 0.05) is 11.1 Å². The minimum Gasteiger partial charge on any atom is -0.508 e. The predicted molar refractivity (Wildman–Crippen MR) is 129 cm³/mol. The Labute approximate surface area is 198 Å². The summed E-state index contributed by atoms with van der Waals surface area (Å²) in [5, 5.41) is 15.6. The van der Waals surface area contributed by atoms with Crippen LogP contribution in [0.4, 0.5) is 4.79 Å². The average Bonchev–Trinajstić information content (AvgIpc) is 2.62. The molecule has 3 amide bonds. The normalized spacial score (nSPS) is 14.1. The number of benzene rings is 1. The molecule has 2 unspecified atom stereocenters. The van der Waals surface area contributed by atoms with Gasteiger partial charge in [0.25, 0.3) is 0 Å². The molecule has 0 aliphatic carbocycles. The van der Waals surface area contributed by atoms with Crippen LogP contribution in [0.2, 0.25) is 0 Å². The van der Waals surface area contributed by atoms with Gasteiger partial charge in [0.2, 0.25) is 11.8 Å². The van der Waals surface area contributed by atoms with Crippen molar-refractivity contribution in [2.45, 2.75) is 104 Å². The van der Waals surface area contributed by atoms with Gasteiger partial charge in [0.1, 0.15) is 23.4 Å². The van der Waals surface area contributed by atoms with E-state index >= 15 is 0 Å². The number of nitrogens with zero attached hydrogens (tertiary/aromatic N) is 1. The summed E-state index contributed by atoms with van der Waals surface area (Å²) in [6.07, 6.45) is -0.165. The third-order valence-corrected chi connectivity index (χ3v) is 5.05. The summed E-state index contributed by atoms with van der Waals surface area (Å²) in [5.74, 6) is -0.833. The number of rotatable bonds is 7. The molecule has 1 aromatic rings. The van der Waals surface area contributed by atoms with E-state index in [0.29, 0.717) is 12.0 Å². The van der Waals surface area contributed by atoms with Gasteiger partial charge in [-0.15, -0.1) is 0 Å². The zero-order valence-electron chi connectivity index (χ0n) is 21.7. The fourth-order valence-electron chi connectivity index (χ4n) is 3.25. The van der Waals surface area contributed by atoms with Crippen LogP contribution < -0.4 is 10.6 Å². The van der Waals surface area contributed by atoms with Gasteiger partial charge in [-0.3, -0.25) is 9.59 Å². The monoisotopic (exact) mass is 463 g/mol. The first-order chi connectivity index (χ1) is 14.9. The second-order valence-corrected chi connectivity index (χ2v) is 11.0. The maximum atomic E-state index is 13.7. The molecule has 8 heteroatoms. The summed E-state index contributed by atoms with van der Waals surface area (Å²) in [5.41, 5.74) is -1.54. The number of carbonyl (C=O) groups is 3. The van der Waals surface area contributed by atoms with Crippen LogP contribution in [-0.4, -0.2) is 50.6 Å². The third-order valence-electron chi connectivity index (χ3n) is 5.05. The van der Waals surface area contributed by atoms with E-state index in [0.717, 1.165) is 0 Å². The summed E-state index contributed by atoms with van der Waals surface area (Å²) in [6, 6.07) is 4.34. The summed E-state index contributed by atoms with van der Waals surface area (Å²) in [4.78, 5) is 41.0. The lowest BCUT2D eigenvalue weighted by atomic mass is 9.91. The van der Waals surface area contributed by atoms with Crippen LogP contribution >= 0.6 is 0 Å². The number of carbonyl (C=O) groups excluding carboxylic acids is 3. The lowest BCUT2D eigenvalue weighted by Gasteiger charge is -2.44. The van der Waals surface area contributed by atoms with Gasteiger partial charge >= 0.3 is 6.09 Å². The zero-order chi connectivity index (χ0) is 25.8. The number of alkyl carbamates (subject to hydrolysis) is 1. The molecule has 0 saturated heterocycles. The maximum absolute atomic E-state index is 13.7. The Hall–Kier alpha value is -2.77. The molecule has 2 atom stereocenters. The standard InChI is InChI=1S/C25H41N3O5/c1-11-25(9,10)28(21(31)16(2)26-22(32)33-24(6,7)8)19(20(30)27-23(3,4)5)17-13-12-14-18(29)15-17/h12-16,19,29H,11H2,1-10H3,(H,26,32)(H,27,30). The zero-order valence-corrected chi connectivity index (χ0v) is 21.7. The second kappa shape index (κ2) is 10.4. The fourth-order valence-corrected chi connectivity index (χ4v) is 3.25. The minimum atomic E-state index is -1.03. The van der Waals surface area contributed by atoms with Gasteiger partial charge in [-0.2, -0.15) is 0 Å². The van der Waals surface area contributed by atoms with Crippen molar-refractivity contribution < 1.29 is 24.2 Å². The summed E-state index contributed by atoms with van der Waals surface area (Å²) >= 11 is 0. The molecule has 3 N–H and O–H groups in total. The van der Waals surface area contributed by atoms with Crippen LogP contribution in [0.5, 0.6) is 5.75 Å². The molecule has 0 saturated carbocycles. The molecule has 186 valence electrons. The Morgan fingerprint density at radius 2 is 1.64 bits per heavy atom. The Morgan fingerprint density at radius 1 is 1.06 bits per heavy atom. The molecule has 1 rings (SSSR count). The van der Waals surface area contributed by atoms with Gasteiger partial charge < -0.3 is 25.4 Å². The SMILES string of the molecule is CCC(C)(C)N(C(=O)C(C)NC(=O)OC(C)(C)C)C(C(=O)NC(C)(C)C)c1cccc(O)c1. The number of hydrogen-bond donors (Lipinski definition) is 3. The van der Waals surface area contributed by atoms with E-state index in [1.807, 2.05) is 41.5 Å². The number of nitrogens with one attached hydrogen (secondary N) is 2. The highest BCUT2D eigenvalue weighted by molar-refractivity contribution is 5.92. The quantitative estimate of drug-likeness (QED) is 0.559. The number of hydrogen-bond acceptors (Lipinski definition) is 5. The fraction of sp³-hybridized carbons (Fsp3) is 0.640. The van der Waals surface area contributed by atoms with Crippen LogP contribution in [0, 0.1) is 0 Å². The van der Waals surface area contributed by atoms with Crippen molar-refractivity contribution in [3.8, 4) is 5.75 Å². The van der Waals surface area contributed by atoms with Gasteiger partial charge in [-0.25, -0.2) is 4.79 Å². The Morgan fingerprint density at radius 3 is 2.09 bits per heavy atom. The smallest absolute Gasteiger partial charge is 0.408 e. The largest absolute Gasteiger partial charge is 0.508 e. The molecule has 0 bridgehead atoms. The first-order valence-corrected chi connectivity index (χ1v) is 11.3. The number of ether oxygens (including phenoxy) is 1. The highest BCUT2D eigenvalue weighted by atomic mass is 16.6. The summed E-state index contributed by atoms with van der Waals surface area (Å²) < 4.78 is 5.29. The van der Waals surface area contributed by atoms with Crippen molar-refractivity contribution in [2.24, 2.45) is 0 Å². The molecule has 0 aliphatic rings. The highest BCUT2D eigenvalue weighted by Gasteiger charge is 2.42. The van der Waals surface area contributed by atoms with Crippen molar-refractivity contribution in [3.63, 3.8) is 0 Å². The maximum Gasteiger partial charge on any atom is 0.408 e. The van der Waals surface area contributed by atoms with E-state index in [-0.39, 0.29) is 11.7 Å². The molecule has 0 aromatic heterocycles. The molecule has 0 radical (unpaired) electrons. The van der Waals surface area contributed by atoms with Crippen LogP contribution in [0.3, 0.4) is 0 Å². The Bertz CT molecular complexity index is 852. The molecule has 8 nitrogen and oxygen atoms in total. The molecule has 0 fully saturated rings. The molecule has 0 heterocycles. The van der Waals surface area contributed by atoms with Crippen molar-refractivity contribution in [1.82, 2.24) is 15.5 Å². The van der Waals surface area contributed by atoms with Crippen LogP contribution in [0.15, 0.2) is 24.3 Å². The predicted octanol–water partition coefficient (Wildman–Crippen LogP) is 4.28. The highest BCUT2D eigenvalue weighted by Crippen LogP contribution is 2.33. The lowest BCUT2D eigenvalue weighted by molar-refractivity contribution is -0.149. The molecule has 1 aromatic carbocycles. The molecule has 33 heavy (non-hydrogen) atoms. The lowest BCUT2D eigenvalue weighted by Crippen LogP contribution is -2.59. The van der Waals surface area contributed by atoms with Crippen LogP contribution in [0.1, 0.15) is 87.3 Å². The number of phenolic OH excluding ortho intramolecular Hbond substituents is 1. The van der Waals surface area contributed by atoms with Crippen molar-refractivity contribution in [2.75, 3.05) is 0 Å². The van der Waals surface area contributed by atoms with E-state index in [9.17, 15) is 19.5 Å². The second-order valence-electron chi connectivity index (χ2n) is 11.0. The molecule has 0 aliphatic heterocycles. The van der Waals surface area contributed by atoms with Gasteiger partial charge in [0.05, 0.1) is 0 Å². The summed E-state index contributed by atoms with van der Waals surface area (Å²) in [7, 11) is 0. The Balaban J connectivity index is 3.50. The van der Waals surface area contributed by atoms with Crippen molar-refractivity contribution in [1.29, 1.82) is 0 Å². The first kappa shape index (κ1) is 28.3. The van der Waals surface area contributed by atoms with E-state index in [2.05, 4.69) is 10.6 Å². The van der Waals surface area contributed by atoms with E-state index in [4.69, 9.17) is 4.74 Å². The van der Waals surface area contributed by atoms with E-state index in [1.165, 1.54) is 17.0 Å².